The Hall–Kier alpha value is -1.26. The first-order chi connectivity index (χ1) is 10.2. The second-order valence-corrected chi connectivity index (χ2v) is 6.34. The molecule has 2 aliphatic rings. The molecule has 2 atom stereocenters. The molecule has 21 heavy (non-hydrogen) atoms. The van der Waals surface area contributed by atoms with E-state index in [2.05, 4.69) is 24.1 Å². The van der Waals surface area contributed by atoms with E-state index in [1.54, 1.807) is 0 Å². The standard InChI is InChI=1S/C17H26N2O2/c1-13(2)19(10-14-6-5-9-18-14)11-15-12-20-16-7-3-4-8-17(16)21-15/h3-4,7-8,13-15,18H,5-6,9-12H2,1-2H3. The van der Waals surface area contributed by atoms with Gasteiger partial charge in [0.1, 0.15) is 12.7 Å². The maximum absolute atomic E-state index is 6.09. The molecule has 2 aliphatic heterocycles. The van der Waals surface area contributed by atoms with Crippen molar-refractivity contribution in [3.8, 4) is 11.5 Å². The molecule has 0 saturated carbocycles. The van der Waals surface area contributed by atoms with E-state index in [9.17, 15) is 0 Å². The van der Waals surface area contributed by atoms with Gasteiger partial charge in [-0.3, -0.25) is 4.90 Å². The molecule has 0 bridgehead atoms. The number of ether oxygens (including phenoxy) is 2. The highest BCUT2D eigenvalue weighted by Crippen LogP contribution is 2.31. The second-order valence-electron chi connectivity index (χ2n) is 6.34. The number of nitrogens with zero attached hydrogens (tertiary/aromatic N) is 1. The van der Waals surface area contributed by atoms with E-state index < -0.39 is 0 Å². The summed E-state index contributed by atoms with van der Waals surface area (Å²) in [4.78, 5) is 2.50. The van der Waals surface area contributed by atoms with E-state index in [1.165, 1.54) is 12.8 Å². The normalized spacial score (nSPS) is 24.8. The van der Waals surface area contributed by atoms with Gasteiger partial charge in [0.05, 0.1) is 0 Å². The molecule has 0 aromatic heterocycles. The van der Waals surface area contributed by atoms with E-state index in [0.717, 1.165) is 31.1 Å². The molecule has 3 rings (SSSR count). The third-order valence-electron chi connectivity index (χ3n) is 4.35. The first-order valence-electron chi connectivity index (χ1n) is 8.08. The van der Waals surface area contributed by atoms with Crippen molar-refractivity contribution in [1.29, 1.82) is 0 Å². The van der Waals surface area contributed by atoms with Crippen LogP contribution < -0.4 is 14.8 Å². The van der Waals surface area contributed by atoms with Crippen LogP contribution in [0.4, 0.5) is 0 Å². The van der Waals surface area contributed by atoms with Crippen molar-refractivity contribution >= 4 is 0 Å². The van der Waals surface area contributed by atoms with Crippen molar-refractivity contribution in [2.45, 2.75) is 44.9 Å². The minimum atomic E-state index is 0.115. The number of hydrogen-bond donors (Lipinski definition) is 1. The largest absolute Gasteiger partial charge is 0.486 e. The van der Waals surface area contributed by atoms with Crippen molar-refractivity contribution < 1.29 is 9.47 Å². The first-order valence-corrected chi connectivity index (χ1v) is 8.08. The lowest BCUT2D eigenvalue weighted by Gasteiger charge is -2.34. The van der Waals surface area contributed by atoms with Crippen LogP contribution in [0.1, 0.15) is 26.7 Å². The Morgan fingerprint density at radius 3 is 2.76 bits per heavy atom. The van der Waals surface area contributed by atoms with E-state index in [1.807, 2.05) is 24.3 Å². The lowest BCUT2D eigenvalue weighted by Crippen LogP contribution is -2.48. The molecule has 4 nitrogen and oxygen atoms in total. The average Bonchev–Trinajstić information content (AvgIpc) is 2.99. The Kier molecular flexibility index (Phi) is 4.66. The summed E-state index contributed by atoms with van der Waals surface area (Å²) in [7, 11) is 0. The fourth-order valence-corrected chi connectivity index (χ4v) is 3.11. The molecular weight excluding hydrogens is 264 g/mol. The van der Waals surface area contributed by atoms with Gasteiger partial charge in [0.25, 0.3) is 0 Å². The highest BCUT2D eigenvalue weighted by molar-refractivity contribution is 5.40. The minimum absolute atomic E-state index is 0.115. The fraction of sp³-hybridized carbons (Fsp3) is 0.647. The van der Waals surface area contributed by atoms with Crippen LogP contribution >= 0.6 is 0 Å². The van der Waals surface area contributed by atoms with Crippen LogP contribution in [0.2, 0.25) is 0 Å². The molecule has 1 aromatic carbocycles. The van der Waals surface area contributed by atoms with E-state index in [0.29, 0.717) is 18.7 Å². The average molecular weight is 290 g/mol. The van der Waals surface area contributed by atoms with Crippen LogP contribution in [0.25, 0.3) is 0 Å². The monoisotopic (exact) mass is 290 g/mol. The van der Waals surface area contributed by atoms with Crippen LogP contribution in [-0.2, 0) is 0 Å². The number of hydrogen-bond acceptors (Lipinski definition) is 4. The summed E-state index contributed by atoms with van der Waals surface area (Å²) >= 11 is 0. The fourth-order valence-electron chi connectivity index (χ4n) is 3.11. The smallest absolute Gasteiger partial charge is 0.161 e. The quantitative estimate of drug-likeness (QED) is 0.902. The summed E-state index contributed by atoms with van der Waals surface area (Å²) in [5.41, 5.74) is 0. The molecule has 1 fully saturated rings. The maximum Gasteiger partial charge on any atom is 0.161 e. The SMILES string of the molecule is CC(C)N(CC1CCCN1)CC1COc2ccccc2O1. The molecule has 0 aliphatic carbocycles. The van der Waals surface area contributed by atoms with E-state index in [-0.39, 0.29) is 6.10 Å². The van der Waals surface area contributed by atoms with Gasteiger partial charge in [-0.05, 0) is 45.4 Å². The van der Waals surface area contributed by atoms with Gasteiger partial charge in [-0.15, -0.1) is 0 Å². The first kappa shape index (κ1) is 14.7. The summed E-state index contributed by atoms with van der Waals surface area (Å²) in [5, 5.41) is 3.58. The molecule has 0 radical (unpaired) electrons. The summed E-state index contributed by atoms with van der Waals surface area (Å²) in [6.07, 6.45) is 2.70. The van der Waals surface area contributed by atoms with E-state index >= 15 is 0 Å². The molecule has 116 valence electrons. The summed E-state index contributed by atoms with van der Waals surface area (Å²) in [6, 6.07) is 9.08. The predicted molar refractivity (Wildman–Crippen MR) is 84.1 cm³/mol. The van der Waals surface area contributed by atoms with Gasteiger partial charge < -0.3 is 14.8 Å². The van der Waals surface area contributed by atoms with Crippen molar-refractivity contribution in [3.63, 3.8) is 0 Å². The zero-order chi connectivity index (χ0) is 14.7. The molecule has 1 saturated heterocycles. The number of rotatable bonds is 5. The highest BCUT2D eigenvalue weighted by atomic mass is 16.6. The van der Waals surface area contributed by atoms with Gasteiger partial charge >= 0.3 is 0 Å². The van der Waals surface area contributed by atoms with Crippen LogP contribution in [0.5, 0.6) is 11.5 Å². The van der Waals surface area contributed by atoms with Crippen molar-refractivity contribution in [2.75, 3.05) is 26.2 Å². The Labute approximate surface area is 127 Å². The van der Waals surface area contributed by atoms with Gasteiger partial charge in [0.2, 0.25) is 0 Å². The summed E-state index contributed by atoms with van der Waals surface area (Å²) in [5.74, 6) is 1.73. The van der Waals surface area contributed by atoms with E-state index in [4.69, 9.17) is 9.47 Å². The summed E-state index contributed by atoms with van der Waals surface area (Å²) in [6.45, 7) is 8.33. The lowest BCUT2D eigenvalue weighted by molar-refractivity contribution is 0.0469. The third kappa shape index (κ3) is 3.69. The van der Waals surface area contributed by atoms with Gasteiger partial charge in [-0.1, -0.05) is 12.1 Å². The zero-order valence-corrected chi connectivity index (χ0v) is 13.0. The number of fused-ring (bicyclic) bond motifs is 1. The predicted octanol–water partition coefficient (Wildman–Crippen LogP) is 2.29. The Morgan fingerprint density at radius 1 is 1.24 bits per heavy atom. The molecule has 2 unspecified atom stereocenters. The molecule has 2 heterocycles. The van der Waals surface area contributed by atoms with Crippen molar-refractivity contribution in [2.24, 2.45) is 0 Å². The Bertz CT molecular complexity index is 458. The van der Waals surface area contributed by atoms with Crippen molar-refractivity contribution in [3.05, 3.63) is 24.3 Å². The maximum atomic E-state index is 6.09. The van der Waals surface area contributed by atoms with Crippen LogP contribution in [0.15, 0.2) is 24.3 Å². The minimum Gasteiger partial charge on any atom is -0.486 e. The van der Waals surface area contributed by atoms with Crippen molar-refractivity contribution in [1.82, 2.24) is 10.2 Å². The van der Waals surface area contributed by atoms with Gasteiger partial charge in [0.15, 0.2) is 11.5 Å². The number of nitrogens with one attached hydrogen (secondary N) is 1. The lowest BCUT2D eigenvalue weighted by atomic mass is 10.1. The highest BCUT2D eigenvalue weighted by Gasteiger charge is 2.26. The Balaban J connectivity index is 1.58. The van der Waals surface area contributed by atoms with Gasteiger partial charge in [-0.2, -0.15) is 0 Å². The third-order valence-corrected chi connectivity index (χ3v) is 4.35. The molecule has 1 aromatic rings. The number of para-hydroxylation sites is 2. The molecule has 1 N–H and O–H groups in total. The topological polar surface area (TPSA) is 33.7 Å². The van der Waals surface area contributed by atoms with Gasteiger partial charge in [-0.25, -0.2) is 0 Å². The molecule has 0 spiro atoms. The zero-order valence-electron chi connectivity index (χ0n) is 13.0. The second kappa shape index (κ2) is 6.67. The molecule has 4 heteroatoms. The summed E-state index contributed by atoms with van der Waals surface area (Å²) < 4.78 is 11.9. The van der Waals surface area contributed by atoms with Gasteiger partial charge in [0, 0.05) is 25.2 Å². The Morgan fingerprint density at radius 2 is 2.05 bits per heavy atom. The molecular formula is C17H26N2O2. The van der Waals surface area contributed by atoms with Crippen LogP contribution in [0, 0.1) is 0 Å². The molecule has 0 amide bonds. The van der Waals surface area contributed by atoms with Crippen LogP contribution in [0.3, 0.4) is 0 Å². The number of benzene rings is 1. The van der Waals surface area contributed by atoms with Crippen LogP contribution in [-0.4, -0.2) is 49.3 Å².